The van der Waals surface area contributed by atoms with Crippen molar-refractivity contribution in [3.63, 3.8) is 0 Å². The molecule has 0 radical (unpaired) electrons. The Morgan fingerprint density at radius 3 is 2.42 bits per heavy atom. The van der Waals surface area contributed by atoms with Gasteiger partial charge in [-0.1, -0.05) is 24.3 Å². The van der Waals surface area contributed by atoms with Gasteiger partial charge in [0.1, 0.15) is 23.8 Å². The smallest absolute Gasteiger partial charge is 0.338 e. The number of nitrogens with zero attached hydrogens (tertiary/aromatic N) is 1. The topological polar surface area (TPSA) is 87.7 Å². The lowest BCUT2D eigenvalue weighted by Gasteiger charge is -2.11. The van der Waals surface area contributed by atoms with E-state index in [1.807, 2.05) is 13.0 Å². The molecule has 0 amide bonds. The fourth-order valence-corrected chi connectivity index (χ4v) is 4.64. The number of Topliss-reactive ketones (excluding diaryl/α,β-unsaturated/α-hetero) is 1. The zero-order chi connectivity index (χ0) is 28.4. The van der Waals surface area contributed by atoms with Crippen LogP contribution in [0.15, 0.2) is 88.1 Å². The van der Waals surface area contributed by atoms with Crippen molar-refractivity contribution in [1.29, 1.82) is 0 Å². The Kier molecular flexibility index (Phi) is 7.33. The molecular weight excluding hydrogens is 513 g/mol. The van der Waals surface area contributed by atoms with Gasteiger partial charge in [0.2, 0.25) is 5.78 Å². The number of benzene rings is 3. The van der Waals surface area contributed by atoms with Gasteiger partial charge in [0.05, 0.1) is 11.3 Å². The normalized spacial score (nSPS) is 11.0. The van der Waals surface area contributed by atoms with Gasteiger partial charge < -0.3 is 18.5 Å². The number of esters is 1. The molecule has 0 atom stereocenters. The van der Waals surface area contributed by atoms with Crippen molar-refractivity contribution in [2.24, 2.45) is 0 Å². The number of ketones is 1. The van der Waals surface area contributed by atoms with Crippen LogP contribution in [-0.2, 0) is 11.3 Å². The molecule has 7 nitrogen and oxygen atoms in total. The molecule has 0 saturated heterocycles. The first-order chi connectivity index (χ1) is 19.2. The second-order valence-electron chi connectivity index (χ2n) is 9.46. The monoisotopic (exact) mass is 539 g/mol. The van der Waals surface area contributed by atoms with Crippen molar-refractivity contribution in [3.8, 4) is 11.4 Å². The Hall–Kier alpha value is -4.98. The minimum Gasteiger partial charge on any atom is -0.489 e. The lowest BCUT2D eigenvalue weighted by Crippen LogP contribution is -2.15. The predicted octanol–water partition coefficient (Wildman–Crippen LogP) is 6.27. The molecule has 3 aromatic carbocycles. The van der Waals surface area contributed by atoms with Crippen molar-refractivity contribution in [2.45, 2.75) is 27.4 Å². The minimum atomic E-state index is -0.636. The van der Waals surface area contributed by atoms with Crippen LogP contribution in [0.1, 0.15) is 43.2 Å². The summed E-state index contributed by atoms with van der Waals surface area (Å²) in [6.07, 6.45) is 0. The summed E-state index contributed by atoms with van der Waals surface area (Å²) in [5.74, 6) is -0.874. The molecule has 0 unspecified atom stereocenters. The first-order valence-corrected chi connectivity index (χ1v) is 12.6. The standard InChI is InChI=1S/C32H26FNO6/c1-19-14-31(36)40-30-16-24(12-13-25(19)30)38-17-22-8-10-23(11-9-22)32(37)39-18-29(35)26-15-20(2)34(21(26)3)28-7-5-4-6-27(28)33/h4-16H,17-18H2,1-3H3. The van der Waals surface area contributed by atoms with Crippen LogP contribution in [0.4, 0.5) is 4.39 Å². The second kappa shape index (κ2) is 11.0. The summed E-state index contributed by atoms with van der Waals surface area (Å²) in [5.41, 5.74) is 3.92. The maximum absolute atomic E-state index is 14.3. The molecule has 0 aliphatic rings. The van der Waals surface area contributed by atoms with Gasteiger partial charge in [-0.3, -0.25) is 4.79 Å². The molecule has 5 rings (SSSR count). The Morgan fingerprint density at radius 2 is 1.68 bits per heavy atom. The summed E-state index contributed by atoms with van der Waals surface area (Å²) in [6.45, 7) is 5.14. The molecule has 8 heteroatoms. The number of halogens is 1. The molecule has 0 N–H and O–H groups in total. The molecule has 5 aromatic rings. The molecule has 0 fully saturated rings. The number of para-hydroxylation sites is 1. The van der Waals surface area contributed by atoms with E-state index < -0.39 is 24.0 Å². The largest absolute Gasteiger partial charge is 0.489 e. The molecular formula is C32H26FNO6. The molecule has 2 heterocycles. The SMILES string of the molecule is Cc1cc(=O)oc2cc(OCc3ccc(C(=O)OCC(=O)c4cc(C)n(-c5ccccc5F)c4C)cc3)ccc12. The molecule has 202 valence electrons. The van der Waals surface area contributed by atoms with Crippen molar-refractivity contribution in [2.75, 3.05) is 6.61 Å². The van der Waals surface area contributed by atoms with E-state index >= 15 is 0 Å². The number of fused-ring (bicyclic) bond motifs is 1. The summed E-state index contributed by atoms with van der Waals surface area (Å²) in [5, 5.41) is 0.834. The lowest BCUT2D eigenvalue weighted by atomic mass is 10.1. The summed E-state index contributed by atoms with van der Waals surface area (Å²) >= 11 is 0. The summed E-state index contributed by atoms with van der Waals surface area (Å²) in [7, 11) is 0. The average molecular weight is 540 g/mol. The van der Waals surface area contributed by atoms with Gasteiger partial charge in [-0.15, -0.1) is 0 Å². The summed E-state index contributed by atoms with van der Waals surface area (Å²) in [4.78, 5) is 37.1. The van der Waals surface area contributed by atoms with E-state index in [4.69, 9.17) is 13.9 Å². The Morgan fingerprint density at radius 1 is 0.925 bits per heavy atom. The second-order valence-corrected chi connectivity index (χ2v) is 9.46. The fourth-order valence-electron chi connectivity index (χ4n) is 4.64. The van der Waals surface area contributed by atoms with E-state index in [1.165, 1.54) is 12.1 Å². The van der Waals surface area contributed by atoms with E-state index in [2.05, 4.69) is 0 Å². The van der Waals surface area contributed by atoms with Crippen molar-refractivity contribution >= 4 is 22.7 Å². The van der Waals surface area contributed by atoms with Crippen LogP contribution in [0.3, 0.4) is 0 Å². The van der Waals surface area contributed by atoms with Crippen LogP contribution >= 0.6 is 0 Å². The number of ether oxygens (including phenoxy) is 2. The zero-order valence-electron chi connectivity index (χ0n) is 22.2. The fraction of sp³-hybridized carbons (Fsp3) is 0.156. The quantitative estimate of drug-likeness (QED) is 0.131. The third kappa shape index (κ3) is 5.42. The van der Waals surface area contributed by atoms with Crippen LogP contribution in [0.5, 0.6) is 5.75 Å². The van der Waals surface area contributed by atoms with E-state index in [9.17, 15) is 18.8 Å². The van der Waals surface area contributed by atoms with E-state index in [-0.39, 0.29) is 18.0 Å². The Bertz CT molecular complexity index is 1800. The minimum absolute atomic E-state index is 0.229. The lowest BCUT2D eigenvalue weighted by molar-refractivity contribution is 0.0474. The van der Waals surface area contributed by atoms with Crippen LogP contribution in [0.25, 0.3) is 16.7 Å². The Labute approximate surface area is 229 Å². The van der Waals surface area contributed by atoms with E-state index in [0.29, 0.717) is 34.0 Å². The van der Waals surface area contributed by atoms with Crippen LogP contribution < -0.4 is 10.4 Å². The highest BCUT2D eigenvalue weighted by Gasteiger charge is 2.20. The number of hydrogen-bond acceptors (Lipinski definition) is 6. The molecule has 0 saturated carbocycles. The highest BCUT2D eigenvalue weighted by molar-refractivity contribution is 6.00. The van der Waals surface area contributed by atoms with Gasteiger partial charge >= 0.3 is 11.6 Å². The zero-order valence-corrected chi connectivity index (χ0v) is 22.2. The molecule has 0 aliphatic heterocycles. The number of aromatic nitrogens is 1. The maximum Gasteiger partial charge on any atom is 0.338 e. The van der Waals surface area contributed by atoms with Crippen molar-refractivity contribution in [3.05, 3.63) is 129 Å². The molecule has 40 heavy (non-hydrogen) atoms. The number of hydrogen-bond donors (Lipinski definition) is 0. The van der Waals surface area contributed by atoms with Crippen molar-refractivity contribution < 1.29 is 27.9 Å². The first-order valence-electron chi connectivity index (χ1n) is 12.6. The van der Waals surface area contributed by atoms with Crippen LogP contribution in [-0.4, -0.2) is 22.9 Å². The van der Waals surface area contributed by atoms with E-state index in [0.717, 1.165) is 16.5 Å². The van der Waals surface area contributed by atoms with Gasteiger partial charge in [-0.25, -0.2) is 14.0 Å². The third-order valence-corrected chi connectivity index (χ3v) is 6.68. The Balaban J connectivity index is 1.19. The summed E-state index contributed by atoms with van der Waals surface area (Å²) < 4.78 is 32.3. The van der Waals surface area contributed by atoms with Gasteiger partial charge in [0.25, 0.3) is 0 Å². The highest BCUT2D eigenvalue weighted by atomic mass is 19.1. The van der Waals surface area contributed by atoms with Gasteiger partial charge in [0.15, 0.2) is 6.61 Å². The van der Waals surface area contributed by atoms with Crippen LogP contribution in [0.2, 0.25) is 0 Å². The van der Waals surface area contributed by atoms with Crippen LogP contribution in [0, 0.1) is 26.6 Å². The highest BCUT2D eigenvalue weighted by Crippen LogP contribution is 2.24. The summed E-state index contributed by atoms with van der Waals surface area (Å²) in [6, 6.07) is 21.4. The van der Waals surface area contributed by atoms with Gasteiger partial charge in [0, 0.05) is 34.5 Å². The van der Waals surface area contributed by atoms with E-state index in [1.54, 1.807) is 79.1 Å². The molecule has 0 bridgehead atoms. The van der Waals surface area contributed by atoms with Gasteiger partial charge in [-0.2, -0.15) is 0 Å². The number of aryl methyl sites for hydroxylation is 2. The number of carbonyl (C=O) groups is 2. The maximum atomic E-state index is 14.3. The van der Waals surface area contributed by atoms with Gasteiger partial charge in [-0.05, 0) is 74.4 Å². The number of carbonyl (C=O) groups excluding carboxylic acids is 2. The number of rotatable bonds is 8. The average Bonchev–Trinajstić information content (AvgIpc) is 3.24. The first kappa shape index (κ1) is 26.6. The predicted molar refractivity (Wildman–Crippen MR) is 148 cm³/mol. The van der Waals surface area contributed by atoms with Crippen molar-refractivity contribution in [1.82, 2.24) is 4.57 Å². The molecule has 2 aromatic heterocycles. The molecule has 0 aliphatic carbocycles. The third-order valence-electron chi connectivity index (χ3n) is 6.68. The molecule has 0 spiro atoms.